The van der Waals surface area contributed by atoms with Crippen LogP contribution in [-0.4, -0.2) is 128 Å². The Hall–Kier alpha value is -4.35. The number of unbranched alkanes of at least 4 members (excludes halogenated alkanes) is 1. The smallest absolute Gasteiger partial charge is 0.410 e. The summed E-state index contributed by atoms with van der Waals surface area (Å²) in [5.74, 6) is -2.58. The van der Waals surface area contributed by atoms with Gasteiger partial charge in [-0.1, -0.05) is 78.2 Å². The number of rotatable bonds is 14. The van der Waals surface area contributed by atoms with Crippen LogP contribution in [0, 0.1) is 22.0 Å². The molecule has 6 rings (SSSR count). The molecule has 0 spiro atoms. The number of alkyl halides is 1. The number of aromatic nitrogens is 3. The standard InChI is InChI=1S/C38H52FN5O9.C9H19NO.2C2H6/c1-5-32-33-31(43(36(48)53-33)19-7-6-18-42-24-30(40-41-42)27-14-9-15-28(21-27)44(49)50)22-29(45)16-17-37(3,51-20-10-13-26-11-8-12-26)23-25(2)34(46)38(4,39)35(47)52-32;1-7-5-9(10(3)4)6-8(2)11-7;2*1-2/h9,14-15,21,24-26,31-33H,5-8,10-13,16-20,22-23H2,1-4H3;7-9H,5-6H2,1-4H3;2*1-2H3/t25?,31-,32?,33?,37-,38-;7-,8?,9?;;/m00../s1. The lowest BCUT2D eigenvalue weighted by Gasteiger charge is -2.35. The van der Waals surface area contributed by atoms with E-state index in [4.69, 9.17) is 18.9 Å². The van der Waals surface area contributed by atoms with Gasteiger partial charge in [0, 0.05) is 62.2 Å². The Bertz CT molecular complexity index is 1900. The molecule has 1 amide bonds. The Labute approximate surface area is 404 Å². The van der Waals surface area contributed by atoms with Crippen molar-refractivity contribution in [3.05, 3.63) is 40.6 Å². The molecular formula is C51H83FN6O10. The third-order valence-corrected chi connectivity index (χ3v) is 13.4. The number of ether oxygens (including phenoxy) is 4. The van der Waals surface area contributed by atoms with Crippen LogP contribution in [0.25, 0.3) is 11.3 Å². The summed E-state index contributed by atoms with van der Waals surface area (Å²) < 4.78 is 41.0. The highest BCUT2D eigenvalue weighted by atomic mass is 19.1. The van der Waals surface area contributed by atoms with Gasteiger partial charge in [0.25, 0.3) is 11.4 Å². The number of fused-ring (bicyclic) bond motifs is 1. The first-order valence-corrected chi connectivity index (χ1v) is 25.3. The molecule has 3 saturated heterocycles. The lowest BCUT2D eigenvalue weighted by atomic mass is 9.81. The number of Topliss-reactive ketones (excluding diaryl/α,β-unsaturated/α-hetero) is 2. The van der Waals surface area contributed by atoms with Crippen molar-refractivity contribution < 1.29 is 47.4 Å². The molecule has 0 radical (unpaired) electrons. The highest BCUT2D eigenvalue weighted by Crippen LogP contribution is 2.36. The van der Waals surface area contributed by atoms with E-state index < -0.39 is 58.2 Å². The maximum absolute atomic E-state index is 16.1. The van der Waals surface area contributed by atoms with E-state index in [1.807, 2.05) is 34.6 Å². The zero-order valence-corrected chi connectivity index (χ0v) is 43.2. The number of halogens is 1. The highest BCUT2D eigenvalue weighted by molar-refractivity contribution is 6.07. The Balaban J connectivity index is 0.000000704. The zero-order chi connectivity index (χ0) is 50.8. The van der Waals surface area contributed by atoms with Gasteiger partial charge >= 0.3 is 12.1 Å². The lowest BCUT2D eigenvalue weighted by Crippen LogP contribution is -2.50. The largest absolute Gasteiger partial charge is 0.456 e. The number of carbonyl (C=O) groups excluding carboxylic acids is 4. The molecule has 16 nitrogen and oxygen atoms in total. The monoisotopic (exact) mass is 959 g/mol. The second-order valence-electron chi connectivity index (χ2n) is 19.1. The van der Waals surface area contributed by atoms with E-state index in [1.54, 1.807) is 36.9 Å². The summed E-state index contributed by atoms with van der Waals surface area (Å²) in [6, 6.07) is 6.05. The SMILES string of the molecule is CC.CC.CC1CC(N(C)C)C[C@H](C)O1.CCC1OC(=O)[C@@](C)(F)C(=O)C(C)C[C@@](C)(OCCCC2CCC2)CCC(=O)C[C@H]2C1OC(=O)N2CCCCn1cc(-c2cccc([N+](=O)[O-])c2)nn1. The van der Waals surface area contributed by atoms with Crippen LogP contribution in [0.15, 0.2) is 30.5 Å². The average Bonchev–Trinajstić information content (AvgIpc) is 3.89. The number of nitrogens with zero attached hydrogens (tertiary/aromatic N) is 6. The lowest BCUT2D eigenvalue weighted by molar-refractivity contribution is -0.384. The Morgan fingerprint density at radius 2 is 1.63 bits per heavy atom. The fourth-order valence-electron chi connectivity index (χ4n) is 9.43. The number of non-ortho nitro benzene ring substituents is 1. The van der Waals surface area contributed by atoms with Gasteiger partial charge in [0.2, 0.25) is 0 Å². The molecule has 17 heteroatoms. The molecule has 2 aromatic rings. The highest BCUT2D eigenvalue weighted by Gasteiger charge is 2.52. The van der Waals surface area contributed by atoms with Gasteiger partial charge < -0.3 is 28.7 Å². The summed E-state index contributed by atoms with van der Waals surface area (Å²) in [5, 5.41) is 19.4. The fourth-order valence-corrected chi connectivity index (χ4v) is 9.43. The number of amides is 1. The molecule has 1 aliphatic carbocycles. The van der Waals surface area contributed by atoms with Crippen molar-refractivity contribution in [2.24, 2.45) is 11.8 Å². The number of hydrogen-bond donors (Lipinski definition) is 0. The normalized spacial score (nSPS) is 29.1. The molecule has 0 bridgehead atoms. The minimum atomic E-state index is -2.94. The molecule has 1 aromatic carbocycles. The molecule has 5 unspecified atom stereocenters. The van der Waals surface area contributed by atoms with Crippen molar-refractivity contribution in [3.8, 4) is 11.3 Å². The van der Waals surface area contributed by atoms with E-state index in [2.05, 4.69) is 43.2 Å². The van der Waals surface area contributed by atoms with Crippen molar-refractivity contribution in [1.29, 1.82) is 0 Å². The van der Waals surface area contributed by atoms with Crippen molar-refractivity contribution >= 4 is 29.3 Å². The maximum Gasteiger partial charge on any atom is 0.410 e. The average molecular weight is 959 g/mol. The first kappa shape index (κ1) is 58.0. The number of nitro groups is 1. The summed E-state index contributed by atoms with van der Waals surface area (Å²) >= 11 is 0. The molecule has 0 N–H and O–H groups in total. The minimum Gasteiger partial charge on any atom is -0.456 e. The fraction of sp³-hybridized carbons (Fsp3) is 0.765. The van der Waals surface area contributed by atoms with E-state index in [0.717, 1.165) is 19.8 Å². The van der Waals surface area contributed by atoms with Gasteiger partial charge in [0.1, 0.15) is 17.6 Å². The summed E-state index contributed by atoms with van der Waals surface area (Å²) in [7, 11) is 4.30. The van der Waals surface area contributed by atoms with E-state index in [1.165, 1.54) is 49.1 Å². The van der Waals surface area contributed by atoms with Crippen LogP contribution < -0.4 is 0 Å². The maximum atomic E-state index is 16.1. The summed E-state index contributed by atoms with van der Waals surface area (Å²) in [6.45, 7) is 19.4. The van der Waals surface area contributed by atoms with Gasteiger partial charge in [-0.05, 0) is 105 Å². The van der Waals surface area contributed by atoms with E-state index in [0.29, 0.717) is 67.8 Å². The molecule has 4 fully saturated rings. The van der Waals surface area contributed by atoms with Crippen LogP contribution in [-0.2, 0) is 39.9 Å². The quantitative estimate of drug-likeness (QED) is 0.0573. The predicted molar refractivity (Wildman–Crippen MR) is 260 cm³/mol. The number of cyclic esters (lactones) is 1. The molecule has 384 valence electrons. The van der Waals surface area contributed by atoms with Crippen LogP contribution in [0.4, 0.5) is 14.9 Å². The third kappa shape index (κ3) is 16.7. The minimum absolute atomic E-state index is 0.0530. The molecular weight excluding hydrogens is 876 g/mol. The van der Waals surface area contributed by atoms with Gasteiger partial charge in [-0.3, -0.25) is 24.4 Å². The van der Waals surface area contributed by atoms with E-state index in [9.17, 15) is 29.3 Å². The van der Waals surface area contributed by atoms with E-state index in [-0.39, 0.29) is 43.7 Å². The number of carbonyl (C=O) groups is 4. The van der Waals surface area contributed by atoms with E-state index >= 15 is 4.39 Å². The van der Waals surface area contributed by atoms with Crippen LogP contribution in [0.3, 0.4) is 0 Å². The number of aryl methyl sites for hydroxylation is 1. The molecule has 4 heterocycles. The van der Waals surface area contributed by atoms with Crippen LogP contribution in [0.5, 0.6) is 0 Å². The molecule has 1 aromatic heterocycles. The topological polar surface area (TPSA) is 186 Å². The predicted octanol–water partition coefficient (Wildman–Crippen LogP) is 10.1. The van der Waals surface area contributed by atoms with Gasteiger partial charge in [-0.25, -0.2) is 14.0 Å². The molecule has 4 aliphatic rings. The Morgan fingerprint density at radius 3 is 2.24 bits per heavy atom. The van der Waals surface area contributed by atoms with Crippen LogP contribution >= 0.6 is 0 Å². The van der Waals surface area contributed by atoms with Gasteiger partial charge in [-0.15, -0.1) is 5.10 Å². The first-order chi connectivity index (χ1) is 32.3. The number of esters is 1. The number of ketones is 2. The molecule has 9 atom stereocenters. The number of benzene rings is 1. The molecule has 1 saturated carbocycles. The van der Waals surface area contributed by atoms with Crippen molar-refractivity contribution in [2.45, 2.75) is 213 Å². The van der Waals surface area contributed by atoms with Crippen molar-refractivity contribution in [3.63, 3.8) is 0 Å². The van der Waals surface area contributed by atoms with Crippen LogP contribution in [0.2, 0.25) is 0 Å². The zero-order valence-electron chi connectivity index (χ0n) is 43.2. The van der Waals surface area contributed by atoms with Gasteiger partial charge in [-0.2, -0.15) is 0 Å². The van der Waals surface area contributed by atoms with Gasteiger partial charge in [0.05, 0.1) is 35.0 Å². The summed E-state index contributed by atoms with van der Waals surface area (Å²) in [4.78, 5) is 68.2. The van der Waals surface area contributed by atoms with Crippen molar-refractivity contribution in [2.75, 3.05) is 27.2 Å². The number of nitro benzene ring substituents is 1. The van der Waals surface area contributed by atoms with Crippen LogP contribution in [0.1, 0.15) is 159 Å². The second-order valence-corrected chi connectivity index (χ2v) is 19.1. The number of hydrogen-bond acceptors (Lipinski definition) is 13. The molecule has 68 heavy (non-hydrogen) atoms. The van der Waals surface area contributed by atoms with Gasteiger partial charge in [0.15, 0.2) is 11.9 Å². The molecule has 3 aliphatic heterocycles. The Morgan fingerprint density at radius 1 is 0.971 bits per heavy atom. The second kappa shape index (κ2) is 27.7. The van der Waals surface area contributed by atoms with Crippen molar-refractivity contribution in [1.82, 2.24) is 24.8 Å². The summed E-state index contributed by atoms with van der Waals surface area (Å²) in [6.07, 6.45) is 9.40. The third-order valence-electron chi connectivity index (χ3n) is 13.4. The first-order valence-electron chi connectivity index (χ1n) is 25.3. The summed E-state index contributed by atoms with van der Waals surface area (Å²) in [5.41, 5.74) is -2.87. The Kier molecular flexibility index (Phi) is 23.6.